The van der Waals surface area contributed by atoms with Gasteiger partial charge in [0.05, 0.1) is 0 Å². The van der Waals surface area contributed by atoms with Gasteiger partial charge in [0.15, 0.2) is 0 Å². The van der Waals surface area contributed by atoms with Gasteiger partial charge in [-0.1, -0.05) is 113 Å². The van der Waals surface area contributed by atoms with E-state index in [2.05, 4.69) is 86.4 Å². The smallest absolute Gasteiger partial charge is 0.0255 e. The molecule has 0 nitrogen and oxygen atoms in total. The van der Waals surface area contributed by atoms with Crippen molar-refractivity contribution in [2.75, 3.05) is 0 Å². The van der Waals surface area contributed by atoms with Crippen LogP contribution in [0.25, 0.3) is 10.8 Å². The molecule has 1 saturated carbocycles. The van der Waals surface area contributed by atoms with Crippen LogP contribution < -0.4 is 0 Å². The van der Waals surface area contributed by atoms with Gasteiger partial charge < -0.3 is 0 Å². The zero-order valence-corrected chi connectivity index (χ0v) is 22.8. The van der Waals surface area contributed by atoms with Crippen molar-refractivity contribution in [1.82, 2.24) is 0 Å². The highest BCUT2D eigenvalue weighted by Crippen LogP contribution is 2.37. The third kappa shape index (κ3) is 8.00. The average Bonchev–Trinajstić information content (AvgIpc) is 2.92. The minimum absolute atomic E-state index is 0.746. The average molecular weight is 479 g/mol. The number of fused-ring (bicyclic) bond motifs is 1. The topological polar surface area (TPSA) is 0 Å². The molecule has 0 amide bonds. The van der Waals surface area contributed by atoms with E-state index in [0.29, 0.717) is 0 Å². The third-order valence-electron chi connectivity index (χ3n) is 8.27. The summed E-state index contributed by atoms with van der Waals surface area (Å²) in [5.41, 5.74) is 5.18. The Hall–Kier alpha value is -2.52. The fourth-order valence-electron chi connectivity index (χ4n) is 5.91. The summed E-state index contributed by atoms with van der Waals surface area (Å²) in [6, 6.07) is 22.6. The molecular formula is C36H46. The predicted molar refractivity (Wildman–Crippen MR) is 158 cm³/mol. The van der Waals surface area contributed by atoms with E-state index in [4.69, 9.17) is 0 Å². The highest BCUT2D eigenvalue weighted by molar-refractivity contribution is 5.84. The van der Waals surface area contributed by atoms with Crippen LogP contribution in [0.4, 0.5) is 0 Å². The molecule has 0 N–H and O–H groups in total. The van der Waals surface area contributed by atoms with Crippen LogP contribution in [-0.4, -0.2) is 0 Å². The minimum Gasteiger partial charge on any atom is -0.0654 e. The molecule has 0 aromatic heterocycles. The van der Waals surface area contributed by atoms with Crippen LogP contribution in [0.5, 0.6) is 0 Å². The molecule has 0 unspecified atom stereocenters. The summed E-state index contributed by atoms with van der Waals surface area (Å²) in [4.78, 5) is 0. The Kier molecular flexibility index (Phi) is 10.5. The van der Waals surface area contributed by atoms with Crippen molar-refractivity contribution in [1.29, 1.82) is 0 Å². The molecular weight excluding hydrogens is 432 g/mol. The first-order valence-corrected chi connectivity index (χ1v) is 14.9. The molecule has 1 aliphatic rings. The lowest BCUT2D eigenvalue weighted by Gasteiger charge is -2.29. The van der Waals surface area contributed by atoms with E-state index in [-0.39, 0.29) is 0 Å². The maximum Gasteiger partial charge on any atom is 0.0255 e. The summed E-state index contributed by atoms with van der Waals surface area (Å²) in [5.74, 6) is 8.51. The van der Waals surface area contributed by atoms with Gasteiger partial charge >= 0.3 is 0 Å². The van der Waals surface area contributed by atoms with Crippen LogP contribution in [0.15, 0.2) is 60.7 Å². The molecule has 0 bridgehead atoms. The zero-order valence-electron chi connectivity index (χ0n) is 22.8. The Bertz CT molecular complexity index is 1120. The number of hydrogen-bond donors (Lipinski definition) is 0. The molecule has 0 heterocycles. The van der Waals surface area contributed by atoms with Gasteiger partial charge in [0.2, 0.25) is 0 Å². The van der Waals surface area contributed by atoms with E-state index in [0.717, 1.165) is 23.0 Å². The molecule has 0 atom stereocenters. The predicted octanol–water partition coefficient (Wildman–Crippen LogP) is 10.6. The number of unbranched alkanes of at least 4 members (excludes halogenated alkanes) is 6. The molecule has 0 saturated heterocycles. The molecule has 4 rings (SSSR count). The van der Waals surface area contributed by atoms with Gasteiger partial charge in [-0.25, -0.2) is 0 Å². The Balaban J connectivity index is 1.28. The number of hydrogen-bond acceptors (Lipinski definition) is 0. The van der Waals surface area contributed by atoms with Crippen molar-refractivity contribution in [3.8, 4) is 11.8 Å². The first-order valence-electron chi connectivity index (χ1n) is 14.9. The van der Waals surface area contributed by atoms with Gasteiger partial charge in [0, 0.05) is 11.1 Å². The summed E-state index contributed by atoms with van der Waals surface area (Å²) in [5, 5.41) is 2.61. The summed E-state index contributed by atoms with van der Waals surface area (Å²) < 4.78 is 0. The monoisotopic (exact) mass is 478 g/mol. The Morgan fingerprint density at radius 1 is 0.611 bits per heavy atom. The Morgan fingerprint density at radius 3 is 2.03 bits per heavy atom. The van der Waals surface area contributed by atoms with Gasteiger partial charge in [-0.15, -0.1) is 0 Å². The van der Waals surface area contributed by atoms with Crippen LogP contribution in [-0.2, 0) is 6.42 Å². The molecule has 36 heavy (non-hydrogen) atoms. The largest absolute Gasteiger partial charge is 0.0654 e. The maximum absolute atomic E-state index is 3.40. The first-order chi connectivity index (χ1) is 17.7. The first kappa shape index (κ1) is 26.5. The van der Waals surface area contributed by atoms with Gasteiger partial charge in [-0.2, -0.15) is 0 Å². The van der Waals surface area contributed by atoms with Crippen molar-refractivity contribution in [2.24, 2.45) is 5.92 Å². The van der Waals surface area contributed by atoms with E-state index < -0.39 is 0 Å². The standard InChI is InChI=1S/C36H46/c1-3-5-7-8-10-11-29-15-21-33(22-16-29)34-23-17-30(18-24-34)13-14-32-20-26-35-27-31(12-9-6-4-2)19-25-36(35)28-32/h17-20,23-29,33H,3-12,15-16,21-22H2,1-2H3. The van der Waals surface area contributed by atoms with Crippen molar-refractivity contribution < 1.29 is 0 Å². The van der Waals surface area contributed by atoms with E-state index in [1.165, 1.54) is 112 Å². The molecule has 190 valence electrons. The second kappa shape index (κ2) is 14.3. The fourth-order valence-corrected chi connectivity index (χ4v) is 5.91. The van der Waals surface area contributed by atoms with Gasteiger partial charge in [-0.05, 0) is 96.5 Å². The highest BCUT2D eigenvalue weighted by Gasteiger charge is 2.21. The van der Waals surface area contributed by atoms with Crippen molar-refractivity contribution in [2.45, 2.75) is 110 Å². The quantitative estimate of drug-likeness (QED) is 0.190. The van der Waals surface area contributed by atoms with Crippen molar-refractivity contribution in [3.63, 3.8) is 0 Å². The summed E-state index contributed by atoms with van der Waals surface area (Å²) in [7, 11) is 0. The fraction of sp³-hybridized carbons (Fsp3) is 0.500. The SMILES string of the molecule is CCCCCCCC1CCC(c2ccc(C#Cc3ccc4cc(CCCCC)ccc4c3)cc2)CC1. The zero-order chi connectivity index (χ0) is 25.0. The van der Waals surface area contributed by atoms with E-state index in [1.807, 2.05) is 0 Å². The molecule has 3 aromatic rings. The van der Waals surface area contributed by atoms with E-state index >= 15 is 0 Å². The lowest BCUT2D eigenvalue weighted by Crippen LogP contribution is -2.13. The summed E-state index contributed by atoms with van der Waals surface area (Å²) in [6.45, 7) is 4.56. The van der Waals surface area contributed by atoms with Gasteiger partial charge in [-0.3, -0.25) is 0 Å². The van der Waals surface area contributed by atoms with Crippen LogP contribution in [0.3, 0.4) is 0 Å². The van der Waals surface area contributed by atoms with Crippen LogP contribution in [0.2, 0.25) is 0 Å². The molecule has 0 aliphatic heterocycles. The number of aryl methyl sites for hydroxylation is 1. The van der Waals surface area contributed by atoms with Crippen molar-refractivity contribution >= 4 is 10.8 Å². The Morgan fingerprint density at radius 2 is 1.25 bits per heavy atom. The molecule has 3 aromatic carbocycles. The van der Waals surface area contributed by atoms with E-state index in [1.54, 1.807) is 0 Å². The summed E-state index contributed by atoms with van der Waals surface area (Å²) in [6.07, 6.45) is 19.2. The normalized spacial score (nSPS) is 17.6. The van der Waals surface area contributed by atoms with Crippen LogP contribution in [0.1, 0.15) is 125 Å². The van der Waals surface area contributed by atoms with Crippen LogP contribution >= 0.6 is 0 Å². The molecule has 0 spiro atoms. The van der Waals surface area contributed by atoms with Crippen LogP contribution in [0, 0.1) is 17.8 Å². The minimum atomic E-state index is 0.746. The second-order valence-electron chi connectivity index (χ2n) is 11.1. The van der Waals surface area contributed by atoms with Gasteiger partial charge in [0.1, 0.15) is 0 Å². The highest BCUT2D eigenvalue weighted by atomic mass is 14.3. The molecule has 1 aliphatic carbocycles. The molecule has 1 fully saturated rings. The van der Waals surface area contributed by atoms with Crippen molar-refractivity contribution in [3.05, 3.63) is 82.9 Å². The third-order valence-corrected chi connectivity index (χ3v) is 8.27. The van der Waals surface area contributed by atoms with E-state index in [9.17, 15) is 0 Å². The second-order valence-corrected chi connectivity index (χ2v) is 11.1. The molecule has 0 heteroatoms. The number of rotatable bonds is 11. The summed E-state index contributed by atoms with van der Waals surface area (Å²) >= 11 is 0. The number of benzene rings is 3. The molecule has 0 radical (unpaired) electrons. The van der Waals surface area contributed by atoms with Gasteiger partial charge in [0.25, 0.3) is 0 Å². The maximum atomic E-state index is 3.40. The lowest BCUT2D eigenvalue weighted by molar-refractivity contribution is 0.302. The Labute approximate surface area is 220 Å². The lowest BCUT2D eigenvalue weighted by atomic mass is 9.77.